The monoisotopic (exact) mass is 198 g/mol. The number of rotatable bonds is 4. The molecule has 0 radical (unpaired) electrons. The quantitative estimate of drug-likeness (QED) is 0.559. The molecule has 0 aromatic carbocycles. The van der Waals surface area contributed by atoms with Gasteiger partial charge in [-0.15, -0.1) is 0 Å². The Bertz CT molecular complexity index is 312. The highest BCUT2D eigenvalue weighted by Gasteiger charge is 2.14. The van der Waals surface area contributed by atoms with Crippen LogP contribution in [0, 0.1) is 10.1 Å². The van der Waals surface area contributed by atoms with Crippen molar-refractivity contribution in [3.05, 3.63) is 34.0 Å². The van der Waals surface area contributed by atoms with Gasteiger partial charge in [-0.05, 0) is 6.07 Å². The standard InChI is InChI=1S/C8H10N2O4/c1-14-8-3-2-6(4-9-8)7(11)5-10(12)13/h2-4,7,11H,5H2,1H3/t7-/m1/s1. The Morgan fingerprint density at radius 1 is 1.71 bits per heavy atom. The smallest absolute Gasteiger partial charge is 0.233 e. The third-order valence-electron chi connectivity index (χ3n) is 1.68. The van der Waals surface area contributed by atoms with E-state index in [1.165, 1.54) is 13.3 Å². The molecule has 1 aromatic rings. The molecule has 1 atom stereocenters. The molecule has 0 bridgehead atoms. The van der Waals surface area contributed by atoms with E-state index in [4.69, 9.17) is 4.74 Å². The van der Waals surface area contributed by atoms with Crippen LogP contribution in [0.2, 0.25) is 0 Å². The molecular formula is C8H10N2O4. The molecule has 1 N–H and O–H groups in total. The van der Waals surface area contributed by atoms with Crippen molar-refractivity contribution in [2.45, 2.75) is 6.10 Å². The van der Waals surface area contributed by atoms with Crippen LogP contribution in [-0.4, -0.2) is 28.7 Å². The number of hydrogen-bond donors (Lipinski definition) is 1. The fraction of sp³-hybridized carbons (Fsp3) is 0.375. The Balaban J connectivity index is 2.71. The van der Waals surface area contributed by atoms with Crippen molar-refractivity contribution in [1.82, 2.24) is 4.98 Å². The number of aliphatic hydroxyl groups excluding tert-OH is 1. The predicted octanol–water partition coefficient (Wildman–Crippen LogP) is 0.400. The molecule has 0 fully saturated rings. The number of nitrogens with zero attached hydrogens (tertiary/aromatic N) is 2. The normalized spacial score (nSPS) is 12.1. The van der Waals surface area contributed by atoms with Gasteiger partial charge < -0.3 is 9.84 Å². The van der Waals surface area contributed by atoms with E-state index in [-0.39, 0.29) is 0 Å². The Morgan fingerprint density at radius 3 is 2.86 bits per heavy atom. The van der Waals surface area contributed by atoms with Crippen molar-refractivity contribution < 1.29 is 14.8 Å². The summed E-state index contributed by atoms with van der Waals surface area (Å²) in [5.41, 5.74) is 0.405. The highest BCUT2D eigenvalue weighted by atomic mass is 16.6. The van der Waals surface area contributed by atoms with Crippen LogP contribution in [0.5, 0.6) is 5.88 Å². The molecule has 0 aliphatic carbocycles. The van der Waals surface area contributed by atoms with Crippen molar-refractivity contribution in [2.24, 2.45) is 0 Å². The van der Waals surface area contributed by atoms with Gasteiger partial charge in [0.15, 0.2) is 0 Å². The summed E-state index contributed by atoms with van der Waals surface area (Å²) in [5, 5.41) is 19.4. The van der Waals surface area contributed by atoms with Crippen LogP contribution in [-0.2, 0) is 0 Å². The molecule has 1 heterocycles. The van der Waals surface area contributed by atoms with E-state index in [0.29, 0.717) is 11.4 Å². The minimum Gasteiger partial charge on any atom is -0.481 e. The Morgan fingerprint density at radius 2 is 2.43 bits per heavy atom. The first-order valence-electron chi connectivity index (χ1n) is 3.93. The van der Waals surface area contributed by atoms with Gasteiger partial charge in [-0.25, -0.2) is 4.98 Å². The van der Waals surface area contributed by atoms with Crippen molar-refractivity contribution >= 4 is 0 Å². The van der Waals surface area contributed by atoms with Crippen molar-refractivity contribution in [3.63, 3.8) is 0 Å². The van der Waals surface area contributed by atoms with Gasteiger partial charge in [0, 0.05) is 22.7 Å². The first-order valence-corrected chi connectivity index (χ1v) is 3.93. The molecule has 0 saturated heterocycles. The highest BCUT2D eigenvalue weighted by Crippen LogP contribution is 2.14. The number of aromatic nitrogens is 1. The van der Waals surface area contributed by atoms with Crippen LogP contribution in [0.1, 0.15) is 11.7 Å². The lowest BCUT2D eigenvalue weighted by Crippen LogP contribution is -2.11. The lowest BCUT2D eigenvalue weighted by molar-refractivity contribution is -0.491. The van der Waals surface area contributed by atoms with Crippen LogP contribution in [0.25, 0.3) is 0 Å². The third-order valence-corrected chi connectivity index (χ3v) is 1.68. The lowest BCUT2D eigenvalue weighted by Gasteiger charge is -2.05. The van der Waals surface area contributed by atoms with Crippen LogP contribution in [0.15, 0.2) is 18.3 Å². The minimum absolute atomic E-state index is 0.405. The maximum absolute atomic E-state index is 10.1. The summed E-state index contributed by atoms with van der Waals surface area (Å²) in [6, 6.07) is 3.08. The van der Waals surface area contributed by atoms with E-state index < -0.39 is 17.6 Å². The van der Waals surface area contributed by atoms with E-state index >= 15 is 0 Å². The molecule has 0 spiro atoms. The zero-order valence-electron chi connectivity index (χ0n) is 7.58. The second-order valence-electron chi connectivity index (χ2n) is 2.67. The summed E-state index contributed by atoms with van der Waals surface area (Å²) in [7, 11) is 1.47. The summed E-state index contributed by atoms with van der Waals surface area (Å²) in [6.45, 7) is -0.520. The Kier molecular flexibility index (Phi) is 3.35. The maximum atomic E-state index is 10.1. The van der Waals surface area contributed by atoms with Gasteiger partial charge in [0.05, 0.1) is 7.11 Å². The van der Waals surface area contributed by atoms with Gasteiger partial charge in [-0.1, -0.05) is 0 Å². The van der Waals surface area contributed by atoms with Gasteiger partial charge in [0.25, 0.3) is 0 Å². The lowest BCUT2D eigenvalue weighted by atomic mass is 10.2. The van der Waals surface area contributed by atoms with Gasteiger partial charge >= 0.3 is 0 Å². The molecule has 1 aromatic heterocycles. The maximum Gasteiger partial charge on any atom is 0.233 e. The van der Waals surface area contributed by atoms with Gasteiger partial charge in [-0.2, -0.15) is 0 Å². The number of nitro groups is 1. The van der Waals surface area contributed by atoms with E-state index in [1.807, 2.05) is 0 Å². The fourth-order valence-corrected chi connectivity index (χ4v) is 0.956. The topological polar surface area (TPSA) is 85.5 Å². The van der Waals surface area contributed by atoms with Crippen molar-refractivity contribution in [2.75, 3.05) is 13.7 Å². The van der Waals surface area contributed by atoms with Gasteiger partial charge in [0.1, 0.15) is 6.10 Å². The zero-order chi connectivity index (χ0) is 10.6. The third kappa shape index (κ3) is 2.67. The second kappa shape index (κ2) is 4.52. The molecular weight excluding hydrogens is 188 g/mol. The molecule has 0 unspecified atom stereocenters. The highest BCUT2D eigenvalue weighted by molar-refractivity contribution is 5.19. The van der Waals surface area contributed by atoms with Crippen LogP contribution >= 0.6 is 0 Å². The summed E-state index contributed by atoms with van der Waals surface area (Å²) >= 11 is 0. The van der Waals surface area contributed by atoms with Crippen LogP contribution in [0.3, 0.4) is 0 Å². The first-order chi connectivity index (χ1) is 6.63. The van der Waals surface area contributed by atoms with E-state index in [0.717, 1.165) is 0 Å². The summed E-state index contributed by atoms with van der Waals surface area (Å²) < 4.78 is 4.80. The molecule has 0 saturated carbocycles. The molecule has 0 aliphatic rings. The number of hydrogen-bond acceptors (Lipinski definition) is 5. The minimum atomic E-state index is -1.12. The SMILES string of the molecule is COc1ccc([C@H](O)C[N+](=O)[O-])cn1. The molecule has 6 nitrogen and oxygen atoms in total. The van der Waals surface area contributed by atoms with E-state index in [1.54, 1.807) is 12.1 Å². The van der Waals surface area contributed by atoms with Crippen molar-refractivity contribution in [3.8, 4) is 5.88 Å². The molecule has 0 aliphatic heterocycles. The number of methoxy groups -OCH3 is 1. The fourth-order valence-electron chi connectivity index (χ4n) is 0.956. The van der Waals surface area contributed by atoms with Crippen LogP contribution in [0.4, 0.5) is 0 Å². The summed E-state index contributed by atoms with van der Waals surface area (Å²) in [4.78, 5) is 13.4. The van der Waals surface area contributed by atoms with Gasteiger partial charge in [0.2, 0.25) is 12.4 Å². The molecule has 1 rings (SSSR count). The average Bonchev–Trinajstić information content (AvgIpc) is 2.17. The molecule has 76 valence electrons. The molecule has 6 heteroatoms. The van der Waals surface area contributed by atoms with Crippen LogP contribution < -0.4 is 4.74 Å². The molecule has 14 heavy (non-hydrogen) atoms. The largest absolute Gasteiger partial charge is 0.481 e. The summed E-state index contributed by atoms with van der Waals surface area (Å²) in [5.74, 6) is 0.405. The number of aliphatic hydroxyl groups is 1. The summed E-state index contributed by atoms with van der Waals surface area (Å²) in [6.07, 6.45) is 0.232. The Labute approximate surface area is 80.3 Å². The van der Waals surface area contributed by atoms with E-state index in [2.05, 4.69) is 4.98 Å². The van der Waals surface area contributed by atoms with Gasteiger partial charge in [-0.3, -0.25) is 10.1 Å². The zero-order valence-corrected chi connectivity index (χ0v) is 7.58. The molecule has 0 amide bonds. The van der Waals surface area contributed by atoms with E-state index in [9.17, 15) is 15.2 Å². The number of ether oxygens (including phenoxy) is 1. The predicted molar refractivity (Wildman–Crippen MR) is 47.6 cm³/mol. The average molecular weight is 198 g/mol. The second-order valence-corrected chi connectivity index (χ2v) is 2.67. The first kappa shape index (κ1) is 10.4. The van der Waals surface area contributed by atoms with Crippen molar-refractivity contribution in [1.29, 1.82) is 0 Å². The number of pyridine rings is 1. The Hall–Kier alpha value is -1.69.